The molecule has 3 nitrogen and oxygen atoms in total. The normalized spacial score (nSPS) is 15.0. The lowest BCUT2D eigenvalue weighted by molar-refractivity contribution is -0.110. The van der Waals surface area contributed by atoms with Gasteiger partial charge in [0.1, 0.15) is 0 Å². The Bertz CT molecular complexity index is 797. The van der Waals surface area contributed by atoms with Crippen LogP contribution in [0.4, 0.5) is 5.69 Å². The van der Waals surface area contributed by atoms with Gasteiger partial charge in [0.15, 0.2) is 5.78 Å². The Morgan fingerprint density at radius 1 is 1.10 bits per heavy atom. The number of rotatable bonds is 2. The summed E-state index contributed by atoms with van der Waals surface area (Å²) in [7, 11) is 0. The van der Waals surface area contributed by atoms with E-state index in [1.54, 1.807) is 24.3 Å². The first-order chi connectivity index (χ1) is 10.1. The zero-order chi connectivity index (χ0) is 15.0. The van der Waals surface area contributed by atoms with Crippen molar-refractivity contribution in [3.8, 4) is 0 Å². The Kier molecular flexibility index (Phi) is 3.53. The van der Waals surface area contributed by atoms with Gasteiger partial charge < -0.3 is 5.32 Å². The number of ketones is 1. The molecule has 0 bridgehead atoms. The van der Waals surface area contributed by atoms with Gasteiger partial charge in [0, 0.05) is 21.8 Å². The van der Waals surface area contributed by atoms with Gasteiger partial charge in [0.25, 0.3) is 5.91 Å². The number of benzene rings is 2. The predicted molar refractivity (Wildman–Crippen MR) is 83.8 cm³/mol. The first kappa shape index (κ1) is 13.9. The molecule has 1 aliphatic rings. The lowest BCUT2D eigenvalue weighted by atomic mass is 10.0. The van der Waals surface area contributed by atoms with Gasteiger partial charge in [-0.25, -0.2) is 0 Å². The Hall–Kier alpha value is -2.10. The highest BCUT2D eigenvalue weighted by Gasteiger charge is 2.24. The fourth-order valence-electron chi connectivity index (χ4n) is 2.18. The second kappa shape index (κ2) is 5.35. The molecule has 104 valence electrons. The number of carbonyl (C=O) groups excluding carboxylic acids is 2. The standard InChI is InChI=1S/C16H9Cl2NO2/c17-9-5-6-11(13(18)7-9)15(20)8-12-10-3-1-2-4-14(10)19-16(12)21/h1-8H,(H,19,21)/b12-8-. The lowest BCUT2D eigenvalue weighted by Gasteiger charge is -2.02. The van der Waals surface area contributed by atoms with E-state index < -0.39 is 0 Å². The number of anilines is 1. The van der Waals surface area contributed by atoms with E-state index in [4.69, 9.17) is 23.2 Å². The fourth-order valence-corrected chi connectivity index (χ4v) is 2.68. The summed E-state index contributed by atoms with van der Waals surface area (Å²) >= 11 is 11.8. The molecule has 5 heteroatoms. The predicted octanol–water partition coefficient (Wildman–Crippen LogP) is 4.21. The van der Waals surface area contributed by atoms with Gasteiger partial charge in [-0.15, -0.1) is 0 Å². The van der Waals surface area contributed by atoms with Crippen LogP contribution in [0, 0.1) is 0 Å². The van der Waals surface area contributed by atoms with Crippen LogP contribution in [0.2, 0.25) is 10.0 Å². The Morgan fingerprint density at radius 2 is 1.86 bits per heavy atom. The Labute approximate surface area is 131 Å². The number of allylic oxidation sites excluding steroid dienone is 1. The summed E-state index contributed by atoms with van der Waals surface area (Å²) in [5.74, 6) is -0.631. The molecule has 1 heterocycles. The smallest absolute Gasteiger partial charge is 0.256 e. The molecule has 0 atom stereocenters. The molecule has 2 aromatic rings. The average Bonchev–Trinajstić information content (AvgIpc) is 2.75. The summed E-state index contributed by atoms with van der Waals surface area (Å²) < 4.78 is 0. The molecule has 0 radical (unpaired) electrons. The number of nitrogens with one attached hydrogen (secondary N) is 1. The maximum absolute atomic E-state index is 12.3. The van der Waals surface area contributed by atoms with Crippen molar-refractivity contribution in [1.29, 1.82) is 0 Å². The van der Waals surface area contributed by atoms with Crippen LogP contribution in [0.5, 0.6) is 0 Å². The van der Waals surface area contributed by atoms with Crippen molar-refractivity contribution in [3.63, 3.8) is 0 Å². The average molecular weight is 318 g/mol. The van der Waals surface area contributed by atoms with Crippen molar-refractivity contribution >= 4 is 46.2 Å². The van der Waals surface area contributed by atoms with Crippen LogP contribution < -0.4 is 5.32 Å². The highest BCUT2D eigenvalue weighted by Crippen LogP contribution is 2.32. The van der Waals surface area contributed by atoms with Gasteiger partial charge >= 0.3 is 0 Å². The fraction of sp³-hybridized carbons (Fsp3) is 0. The molecule has 0 fully saturated rings. The van der Waals surface area contributed by atoms with E-state index in [9.17, 15) is 9.59 Å². The van der Waals surface area contributed by atoms with Gasteiger partial charge in [0.2, 0.25) is 0 Å². The molecular formula is C16H9Cl2NO2. The summed E-state index contributed by atoms with van der Waals surface area (Å²) in [6.07, 6.45) is 1.30. The number of para-hydroxylation sites is 1. The van der Waals surface area contributed by atoms with Gasteiger partial charge in [-0.3, -0.25) is 9.59 Å². The molecule has 1 aliphatic heterocycles. The third-order valence-electron chi connectivity index (χ3n) is 3.18. The van der Waals surface area contributed by atoms with Crippen molar-refractivity contribution < 1.29 is 9.59 Å². The van der Waals surface area contributed by atoms with Crippen LogP contribution in [-0.4, -0.2) is 11.7 Å². The van der Waals surface area contributed by atoms with Crippen molar-refractivity contribution in [2.75, 3.05) is 5.32 Å². The summed E-state index contributed by atoms with van der Waals surface area (Å²) in [6, 6.07) is 11.8. The van der Waals surface area contributed by atoms with Crippen molar-refractivity contribution in [1.82, 2.24) is 0 Å². The number of carbonyl (C=O) groups is 2. The van der Waals surface area contributed by atoms with E-state index in [0.717, 1.165) is 0 Å². The van der Waals surface area contributed by atoms with E-state index in [1.807, 2.05) is 12.1 Å². The van der Waals surface area contributed by atoms with E-state index in [2.05, 4.69) is 5.32 Å². The van der Waals surface area contributed by atoms with Crippen LogP contribution in [-0.2, 0) is 4.79 Å². The summed E-state index contributed by atoms with van der Waals surface area (Å²) in [6.45, 7) is 0. The monoisotopic (exact) mass is 317 g/mol. The number of halogens is 2. The molecule has 0 unspecified atom stereocenters. The van der Waals surface area contributed by atoms with Gasteiger partial charge in [0.05, 0.1) is 10.6 Å². The van der Waals surface area contributed by atoms with E-state index in [0.29, 0.717) is 27.4 Å². The van der Waals surface area contributed by atoms with Gasteiger partial charge in [-0.05, 0) is 30.3 Å². The third-order valence-corrected chi connectivity index (χ3v) is 3.73. The van der Waals surface area contributed by atoms with Crippen molar-refractivity contribution in [2.24, 2.45) is 0 Å². The molecule has 1 N–H and O–H groups in total. The molecule has 0 spiro atoms. The molecule has 0 aromatic heterocycles. The molecule has 0 saturated carbocycles. The summed E-state index contributed by atoms with van der Waals surface area (Å²) in [5.41, 5.74) is 2.05. The lowest BCUT2D eigenvalue weighted by Crippen LogP contribution is -2.06. The second-order valence-electron chi connectivity index (χ2n) is 4.55. The molecule has 1 amide bonds. The topological polar surface area (TPSA) is 46.2 Å². The molecule has 0 saturated heterocycles. The largest absolute Gasteiger partial charge is 0.321 e. The minimum Gasteiger partial charge on any atom is -0.321 e. The molecular weight excluding hydrogens is 309 g/mol. The number of hydrogen-bond donors (Lipinski definition) is 1. The molecule has 21 heavy (non-hydrogen) atoms. The highest BCUT2D eigenvalue weighted by molar-refractivity contribution is 6.39. The van der Waals surface area contributed by atoms with Crippen LogP contribution >= 0.6 is 23.2 Å². The third kappa shape index (κ3) is 2.58. The van der Waals surface area contributed by atoms with Crippen LogP contribution in [0.3, 0.4) is 0 Å². The number of amides is 1. The SMILES string of the molecule is O=C1Nc2ccccc2/C1=C/C(=O)c1ccc(Cl)cc1Cl. The zero-order valence-corrected chi connectivity index (χ0v) is 12.2. The quantitative estimate of drug-likeness (QED) is 0.666. The van der Waals surface area contributed by atoms with E-state index >= 15 is 0 Å². The first-order valence-electron chi connectivity index (χ1n) is 6.18. The number of hydrogen-bond acceptors (Lipinski definition) is 2. The van der Waals surface area contributed by atoms with Gasteiger partial charge in [-0.2, -0.15) is 0 Å². The minimum atomic E-state index is -0.335. The Balaban J connectivity index is 2.02. The van der Waals surface area contributed by atoms with Crippen molar-refractivity contribution in [3.05, 3.63) is 69.7 Å². The maximum Gasteiger partial charge on any atom is 0.256 e. The molecule has 2 aromatic carbocycles. The first-order valence-corrected chi connectivity index (χ1v) is 6.93. The van der Waals surface area contributed by atoms with E-state index in [1.165, 1.54) is 12.1 Å². The highest BCUT2D eigenvalue weighted by atomic mass is 35.5. The summed E-state index contributed by atoms with van der Waals surface area (Å²) in [5, 5.41) is 3.43. The van der Waals surface area contributed by atoms with Crippen LogP contribution in [0.15, 0.2) is 48.5 Å². The number of fused-ring (bicyclic) bond motifs is 1. The van der Waals surface area contributed by atoms with E-state index in [-0.39, 0.29) is 16.7 Å². The summed E-state index contributed by atoms with van der Waals surface area (Å²) in [4.78, 5) is 24.3. The maximum atomic E-state index is 12.3. The second-order valence-corrected chi connectivity index (χ2v) is 5.39. The zero-order valence-electron chi connectivity index (χ0n) is 10.7. The van der Waals surface area contributed by atoms with Crippen LogP contribution in [0.25, 0.3) is 5.57 Å². The molecule has 3 rings (SSSR count). The van der Waals surface area contributed by atoms with Crippen molar-refractivity contribution in [2.45, 2.75) is 0 Å². The molecule has 0 aliphatic carbocycles. The van der Waals surface area contributed by atoms with Gasteiger partial charge in [-0.1, -0.05) is 41.4 Å². The van der Waals surface area contributed by atoms with Crippen LogP contribution in [0.1, 0.15) is 15.9 Å². The Morgan fingerprint density at radius 3 is 2.62 bits per heavy atom. The minimum absolute atomic E-state index is 0.260.